The number of hydrogen-bond acceptors (Lipinski definition) is 4. The van der Waals surface area contributed by atoms with Crippen molar-refractivity contribution in [2.24, 2.45) is 0 Å². The molecule has 3 aromatic carbocycles. The summed E-state index contributed by atoms with van der Waals surface area (Å²) in [7, 11) is 1.55. The lowest BCUT2D eigenvalue weighted by Crippen LogP contribution is -2.41. The van der Waals surface area contributed by atoms with E-state index in [0.717, 1.165) is 25.9 Å². The Morgan fingerprint density at radius 3 is 2.52 bits per heavy atom. The van der Waals surface area contributed by atoms with E-state index < -0.39 is 11.8 Å². The van der Waals surface area contributed by atoms with Crippen LogP contribution in [0, 0.1) is 0 Å². The summed E-state index contributed by atoms with van der Waals surface area (Å²) >= 11 is 0. The lowest BCUT2D eigenvalue weighted by molar-refractivity contribution is -0.136. The molecule has 160 valence electrons. The minimum absolute atomic E-state index is 0.0159. The Balaban J connectivity index is 1.48. The standard InChI is InChI=1S/C25H27N3O3/c1-31-20-11-7-10-19(16-20)27-25(30)24(29)26-17-23(28-14-4-5-15-28)22-13-6-9-18-8-2-3-12-21(18)22/h2-3,6-13,16,23H,4-5,14-15,17H2,1H3,(H,26,29)(H,27,30). The van der Waals surface area contributed by atoms with Crippen LogP contribution in [0.15, 0.2) is 66.7 Å². The Morgan fingerprint density at radius 2 is 1.71 bits per heavy atom. The zero-order chi connectivity index (χ0) is 21.6. The summed E-state index contributed by atoms with van der Waals surface area (Å²) in [6.07, 6.45) is 2.29. The molecule has 6 nitrogen and oxygen atoms in total. The number of anilines is 1. The van der Waals surface area contributed by atoms with Gasteiger partial charge < -0.3 is 15.4 Å². The lowest BCUT2D eigenvalue weighted by atomic mass is 9.97. The zero-order valence-electron chi connectivity index (χ0n) is 17.6. The van der Waals surface area contributed by atoms with Crippen molar-refractivity contribution in [1.29, 1.82) is 0 Å². The molecule has 0 radical (unpaired) electrons. The van der Waals surface area contributed by atoms with Crippen LogP contribution in [0.5, 0.6) is 5.75 Å². The molecule has 6 heteroatoms. The van der Waals surface area contributed by atoms with Gasteiger partial charge in [0.05, 0.1) is 13.2 Å². The largest absolute Gasteiger partial charge is 0.497 e. The topological polar surface area (TPSA) is 70.7 Å². The van der Waals surface area contributed by atoms with Gasteiger partial charge in [-0.2, -0.15) is 0 Å². The molecule has 4 rings (SSSR count). The van der Waals surface area contributed by atoms with E-state index in [1.54, 1.807) is 31.4 Å². The highest BCUT2D eigenvalue weighted by atomic mass is 16.5. The number of nitrogens with one attached hydrogen (secondary N) is 2. The van der Waals surface area contributed by atoms with Crippen molar-refractivity contribution in [2.75, 3.05) is 32.1 Å². The molecule has 1 aliphatic heterocycles. The average Bonchev–Trinajstić information content (AvgIpc) is 3.34. The van der Waals surface area contributed by atoms with E-state index in [1.807, 2.05) is 12.1 Å². The molecule has 1 atom stereocenters. The minimum atomic E-state index is -0.689. The van der Waals surface area contributed by atoms with Gasteiger partial charge in [0.15, 0.2) is 0 Å². The fraction of sp³-hybridized carbons (Fsp3) is 0.280. The predicted octanol–water partition coefficient (Wildman–Crippen LogP) is 3.74. The van der Waals surface area contributed by atoms with Crippen molar-refractivity contribution >= 4 is 28.3 Å². The summed E-state index contributed by atoms with van der Waals surface area (Å²) in [5.41, 5.74) is 1.69. The summed E-state index contributed by atoms with van der Waals surface area (Å²) in [4.78, 5) is 27.4. The number of amides is 2. The van der Waals surface area contributed by atoms with E-state index in [4.69, 9.17) is 4.74 Å². The molecule has 0 saturated carbocycles. The van der Waals surface area contributed by atoms with Crippen molar-refractivity contribution in [3.05, 3.63) is 72.3 Å². The first-order valence-corrected chi connectivity index (χ1v) is 10.6. The van der Waals surface area contributed by atoms with Gasteiger partial charge in [0.1, 0.15) is 5.75 Å². The zero-order valence-corrected chi connectivity index (χ0v) is 17.6. The SMILES string of the molecule is COc1cccc(NC(=O)C(=O)NCC(c2cccc3ccccc23)N2CCCC2)c1. The number of benzene rings is 3. The van der Waals surface area contributed by atoms with Crippen molar-refractivity contribution in [2.45, 2.75) is 18.9 Å². The molecule has 2 N–H and O–H groups in total. The van der Waals surface area contributed by atoms with Gasteiger partial charge in [0, 0.05) is 18.3 Å². The molecule has 1 unspecified atom stereocenters. The van der Waals surface area contributed by atoms with Crippen LogP contribution in [-0.2, 0) is 9.59 Å². The average molecular weight is 418 g/mol. The maximum atomic E-state index is 12.5. The van der Waals surface area contributed by atoms with Crippen LogP contribution in [0.25, 0.3) is 10.8 Å². The number of rotatable bonds is 6. The van der Waals surface area contributed by atoms with Crippen LogP contribution in [0.3, 0.4) is 0 Å². The molecule has 1 saturated heterocycles. The Bertz CT molecular complexity index is 1070. The van der Waals surface area contributed by atoms with Gasteiger partial charge in [-0.3, -0.25) is 14.5 Å². The molecular formula is C25H27N3O3. The summed E-state index contributed by atoms with van der Waals surface area (Å²) in [6.45, 7) is 2.35. The molecule has 1 heterocycles. The second kappa shape index (κ2) is 9.62. The summed E-state index contributed by atoms with van der Waals surface area (Å²) < 4.78 is 5.16. The van der Waals surface area contributed by atoms with Crippen LogP contribution in [-0.4, -0.2) is 43.5 Å². The monoisotopic (exact) mass is 417 g/mol. The van der Waals surface area contributed by atoms with Gasteiger partial charge in [-0.1, -0.05) is 48.5 Å². The number of likely N-dealkylation sites (tertiary alicyclic amines) is 1. The number of nitrogens with zero attached hydrogens (tertiary/aromatic N) is 1. The smallest absolute Gasteiger partial charge is 0.313 e. The second-order valence-electron chi connectivity index (χ2n) is 7.72. The molecule has 0 spiro atoms. The molecule has 1 aliphatic rings. The van der Waals surface area contributed by atoms with Gasteiger partial charge in [0.25, 0.3) is 0 Å². The Morgan fingerprint density at radius 1 is 0.968 bits per heavy atom. The third-order valence-electron chi connectivity index (χ3n) is 5.75. The van der Waals surface area contributed by atoms with E-state index in [9.17, 15) is 9.59 Å². The third-order valence-corrected chi connectivity index (χ3v) is 5.75. The molecule has 0 aliphatic carbocycles. The van der Waals surface area contributed by atoms with Crippen LogP contribution in [0.4, 0.5) is 5.69 Å². The highest BCUT2D eigenvalue weighted by Crippen LogP contribution is 2.30. The van der Waals surface area contributed by atoms with Gasteiger partial charge in [-0.25, -0.2) is 0 Å². The van der Waals surface area contributed by atoms with E-state index in [1.165, 1.54) is 16.3 Å². The molecule has 0 bridgehead atoms. The molecule has 31 heavy (non-hydrogen) atoms. The van der Waals surface area contributed by atoms with Crippen molar-refractivity contribution in [1.82, 2.24) is 10.2 Å². The normalized spacial score (nSPS) is 14.9. The molecule has 0 aromatic heterocycles. The Labute approximate surface area is 182 Å². The molecule has 2 amide bonds. The highest BCUT2D eigenvalue weighted by molar-refractivity contribution is 6.39. The van der Waals surface area contributed by atoms with Gasteiger partial charge in [-0.05, 0) is 54.4 Å². The van der Waals surface area contributed by atoms with E-state index >= 15 is 0 Å². The minimum Gasteiger partial charge on any atom is -0.497 e. The van der Waals surface area contributed by atoms with Gasteiger partial charge in [0.2, 0.25) is 0 Å². The number of carbonyl (C=O) groups excluding carboxylic acids is 2. The van der Waals surface area contributed by atoms with Crippen LogP contribution < -0.4 is 15.4 Å². The molecular weight excluding hydrogens is 390 g/mol. The van der Waals surface area contributed by atoms with Gasteiger partial charge in [-0.15, -0.1) is 0 Å². The lowest BCUT2D eigenvalue weighted by Gasteiger charge is -2.29. The first-order chi connectivity index (χ1) is 15.2. The first-order valence-electron chi connectivity index (χ1n) is 10.6. The van der Waals surface area contributed by atoms with Crippen LogP contribution >= 0.6 is 0 Å². The van der Waals surface area contributed by atoms with E-state index in [2.05, 4.69) is 45.9 Å². The number of carbonyl (C=O) groups is 2. The Kier molecular flexibility index (Phi) is 6.48. The molecule has 3 aromatic rings. The van der Waals surface area contributed by atoms with Crippen molar-refractivity contribution < 1.29 is 14.3 Å². The van der Waals surface area contributed by atoms with E-state index in [0.29, 0.717) is 18.0 Å². The summed E-state index contributed by atoms with van der Waals surface area (Å²) in [5, 5.41) is 7.83. The van der Waals surface area contributed by atoms with Crippen LogP contribution in [0.2, 0.25) is 0 Å². The van der Waals surface area contributed by atoms with E-state index in [-0.39, 0.29) is 6.04 Å². The fourth-order valence-electron chi connectivity index (χ4n) is 4.19. The van der Waals surface area contributed by atoms with Gasteiger partial charge >= 0.3 is 11.8 Å². The maximum absolute atomic E-state index is 12.5. The number of fused-ring (bicyclic) bond motifs is 1. The van der Waals surface area contributed by atoms with Crippen molar-refractivity contribution in [3.8, 4) is 5.75 Å². The Hall–Kier alpha value is -3.38. The predicted molar refractivity (Wildman–Crippen MR) is 122 cm³/mol. The maximum Gasteiger partial charge on any atom is 0.313 e. The fourth-order valence-corrected chi connectivity index (χ4v) is 4.19. The van der Waals surface area contributed by atoms with Crippen LogP contribution in [0.1, 0.15) is 24.4 Å². The summed E-state index contributed by atoms with van der Waals surface area (Å²) in [6, 6.07) is 21.5. The quantitative estimate of drug-likeness (QED) is 0.600. The first kappa shape index (κ1) is 20.9. The third kappa shape index (κ3) is 4.86. The molecule has 1 fully saturated rings. The highest BCUT2D eigenvalue weighted by Gasteiger charge is 2.26. The second-order valence-corrected chi connectivity index (χ2v) is 7.72. The summed E-state index contributed by atoms with van der Waals surface area (Å²) in [5.74, 6) is -0.721. The van der Waals surface area contributed by atoms with Crippen molar-refractivity contribution in [3.63, 3.8) is 0 Å². The number of ether oxygens (including phenoxy) is 1. The number of methoxy groups -OCH3 is 1. The number of hydrogen-bond donors (Lipinski definition) is 2.